The van der Waals surface area contributed by atoms with Crippen molar-refractivity contribution < 1.29 is 24.6 Å². The van der Waals surface area contributed by atoms with Gasteiger partial charge in [-0.2, -0.15) is 9.97 Å². The summed E-state index contributed by atoms with van der Waals surface area (Å²) in [4.78, 5) is 46.4. The molecule has 1 unspecified atom stereocenters. The highest BCUT2D eigenvalue weighted by molar-refractivity contribution is 5.95. The van der Waals surface area contributed by atoms with Gasteiger partial charge in [0.2, 0.25) is 5.95 Å². The Morgan fingerprint density at radius 1 is 1.22 bits per heavy atom. The van der Waals surface area contributed by atoms with Gasteiger partial charge in [-0.25, -0.2) is 4.79 Å². The van der Waals surface area contributed by atoms with E-state index in [1.807, 2.05) is 0 Å². The van der Waals surface area contributed by atoms with Crippen molar-refractivity contribution in [2.45, 2.75) is 38.1 Å². The number of hydrogen-bond acceptors (Lipinski definition) is 9. The molecule has 1 aliphatic rings. The highest BCUT2D eigenvalue weighted by atomic mass is 16.4. The number of carbonyl (C=O) groups excluding carboxylic acids is 1. The minimum Gasteiger partial charge on any atom is -0.481 e. The van der Waals surface area contributed by atoms with Crippen molar-refractivity contribution in [2.24, 2.45) is 5.92 Å². The van der Waals surface area contributed by atoms with Crippen molar-refractivity contribution in [3.05, 3.63) is 35.2 Å². The lowest BCUT2D eigenvalue weighted by Gasteiger charge is -2.26. The molecule has 0 saturated carbocycles. The Bertz CT molecular complexity index is 1010. The van der Waals surface area contributed by atoms with Crippen LogP contribution in [0.2, 0.25) is 0 Å². The second-order valence-corrected chi connectivity index (χ2v) is 7.63. The number of aryl methyl sites for hydroxylation is 1. The number of amides is 1. The van der Waals surface area contributed by atoms with Gasteiger partial charge in [-0.05, 0) is 43.2 Å². The molecule has 0 bridgehead atoms. The standard InChI is InChI=1S/C20H25N7O5/c21-16-12-7-11(9-24-17(12)27-20(22)26-16)2-1-10-3-4-13(23-8-10)18(30)25-14(19(31)32)5-6-15(28)29/h3-4,8,11,14H,1-2,5-7,9H2,(H,25,30)(H,28,29)(H,31,32)(H5,21,22,24,26,27)/t11?,14-/m0/s1. The van der Waals surface area contributed by atoms with Gasteiger partial charge >= 0.3 is 11.9 Å². The lowest BCUT2D eigenvalue weighted by atomic mass is 9.91. The van der Waals surface area contributed by atoms with E-state index < -0.39 is 23.9 Å². The fourth-order valence-electron chi connectivity index (χ4n) is 3.51. The molecule has 0 fully saturated rings. The summed E-state index contributed by atoms with van der Waals surface area (Å²) in [5.74, 6) is -1.60. The molecule has 2 atom stereocenters. The fraction of sp³-hybridized carbons (Fsp3) is 0.400. The van der Waals surface area contributed by atoms with Gasteiger partial charge in [0.05, 0.1) is 0 Å². The van der Waals surface area contributed by atoms with Gasteiger partial charge < -0.3 is 32.3 Å². The molecule has 0 radical (unpaired) electrons. The lowest BCUT2D eigenvalue weighted by molar-refractivity contribution is -0.140. The topological polar surface area (TPSA) is 206 Å². The number of rotatable bonds is 9. The van der Waals surface area contributed by atoms with Crippen LogP contribution in [-0.2, 0) is 22.4 Å². The van der Waals surface area contributed by atoms with Crippen molar-refractivity contribution in [2.75, 3.05) is 23.3 Å². The summed E-state index contributed by atoms with van der Waals surface area (Å²) in [6, 6.07) is 1.98. The summed E-state index contributed by atoms with van der Waals surface area (Å²) < 4.78 is 0. The summed E-state index contributed by atoms with van der Waals surface area (Å²) in [5.41, 5.74) is 13.4. The monoisotopic (exact) mass is 443 g/mol. The average molecular weight is 443 g/mol. The van der Waals surface area contributed by atoms with Gasteiger partial charge in [0, 0.05) is 24.7 Å². The predicted octanol–water partition coefficient (Wildman–Crippen LogP) is 0.301. The van der Waals surface area contributed by atoms with Crippen LogP contribution in [0.5, 0.6) is 0 Å². The number of anilines is 3. The zero-order chi connectivity index (χ0) is 23.3. The molecule has 32 heavy (non-hydrogen) atoms. The third kappa shape index (κ3) is 5.80. The normalized spacial score (nSPS) is 15.8. The number of carboxylic acids is 2. The van der Waals surface area contributed by atoms with Gasteiger partial charge in [-0.15, -0.1) is 0 Å². The maximum atomic E-state index is 12.3. The van der Waals surface area contributed by atoms with Gasteiger partial charge in [-0.3, -0.25) is 14.6 Å². The second kappa shape index (κ2) is 9.90. The summed E-state index contributed by atoms with van der Waals surface area (Å²) in [6.07, 6.45) is 3.30. The molecule has 2 aromatic rings. The number of carboxylic acid groups (broad SMARTS) is 2. The summed E-state index contributed by atoms with van der Waals surface area (Å²) in [5, 5.41) is 23.4. The molecule has 0 aromatic carbocycles. The summed E-state index contributed by atoms with van der Waals surface area (Å²) in [7, 11) is 0. The first-order chi connectivity index (χ1) is 15.2. The van der Waals surface area contributed by atoms with Gasteiger partial charge in [-0.1, -0.05) is 6.07 Å². The largest absolute Gasteiger partial charge is 0.481 e. The molecule has 3 heterocycles. The molecule has 12 heteroatoms. The van der Waals surface area contributed by atoms with Gasteiger partial charge in [0.25, 0.3) is 5.91 Å². The van der Waals surface area contributed by atoms with Crippen LogP contribution in [0, 0.1) is 5.92 Å². The third-order valence-corrected chi connectivity index (χ3v) is 5.26. The van der Waals surface area contributed by atoms with Crippen LogP contribution < -0.4 is 22.1 Å². The van der Waals surface area contributed by atoms with E-state index in [0.29, 0.717) is 17.6 Å². The van der Waals surface area contributed by atoms with Crippen LogP contribution in [0.4, 0.5) is 17.6 Å². The molecule has 1 amide bonds. The highest BCUT2D eigenvalue weighted by Crippen LogP contribution is 2.29. The lowest BCUT2D eigenvalue weighted by Crippen LogP contribution is -2.41. The minimum atomic E-state index is -1.30. The molecule has 170 valence electrons. The zero-order valence-electron chi connectivity index (χ0n) is 17.2. The van der Waals surface area contributed by atoms with E-state index in [1.54, 1.807) is 12.3 Å². The van der Waals surface area contributed by atoms with E-state index in [4.69, 9.17) is 21.7 Å². The number of aromatic nitrogens is 3. The van der Waals surface area contributed by atoms with Crippen molar-refractivity contribution >= 4 is 35.4 Å². The maximum absolute atomic E-state index is 12.3. The molecule has 0 aliphatic carbocycles. The van der Waals surface area contributed by atoms with Crippen LogP contribution >= 0.6 is 0 Å². The Hall–Kier alpha value is -3.96. The Labute approximate surface area is 183 Å². The molecule has 0 saturated heterocycles. The van der Waals surface area contributed by atoms with E-state index in [-0.39, 0.29) is 24.5 Å². The Balaban J connectivity index is 1.54. The molecular weight excluding hydrogens is 418 g/mol. The zero-order valence-corrected chi connectivity index (χ0v) is 17.2. The number of hydrogen-bond donors (Lipinski definition) is 6. The fourth-order valence-corrected chi connectivity index (χ4v) is 3.51. The van der Waals surface area contributed by atoms with Crippen LogP contribution in [0.3, 0.4) is 0 Å². The molecule has 8 N–H and O–H groups in total. The first-order valence-electron chi connectivity index (χ1n) is 10.1. The van der Waals surface area contributed by atoms with Crippen LogP contribution in [0.1, 0.15) is 40.9 Å². The smallest absolute Gasteiger partial charge is 0.326 e. The van der Waals surface area contributed by atoms with Crippen molar-refractivity contribution in [3.8, 4) is 0 Å². The minimum absolute atomic E-state index is 0.0612. The number of pyridine rings is 1. The number of fused-ring (bicyclic) bond motifs is 1. The predicted molar refractivity (Wildman–Crippen MR) is 115 cm³/mol. The highest BCUT2D eigenvalue weighted by Gasteiger charge is 2.24. The maximum Gasteiger partial charge on any atom is 0.326 e. The van der Waals surface area contributed by atoms with Crippen molar-refractivity contribution in [1.29, 1.82) is 0 Å². The van der Waals surface area contributed by atoms with E-state index >= 15 is 0 Å². The van der Waals surface area contributed by atoms with Crippen LogP contribution in [0.15, 0.2) is 18.3 Å². The Kier molecular flexibility index (Phi) is 7.03. The molecule has 2 aromatic heterocycles. The first kappa shape index (κ1) is 22.7. The van der Waals surface area contributed by atoms with Crippen LogP contribution in [-0.4, -0.2) is 55.6 Å². The quantitative estimate of drug-likeness (QED) is 0.310. The third-order valence-electron chi connectivity index (χ3n) is 5.26. The molecule has 12 nitrogen and oxygen atoms in total. The van der Waals surface area contributed by atoms with Crippen LogP contribution in [0.25, 0.3) is 0 Å². The number of nitrogen functional groups attached to an aromatic ring is 2. The van der Waals surface area contributed by atoms with Gasteiger partial charge in [0.15, 0.2) is 0 Å². The molecule has 3 rings (SSSR count). The molecule has 0 spiro atoms. The number of nitrogens with two attached hydrogens (primary N) is 2. The molecule has 1 aliphatic heterocycles. The number of nitrogens with zero attached hydrogens (tertiary/aromatic N) is 3. The van der Waals surface area contributed by atoms with E-state index in [9.17, 15) is 14.4 Å². The van der Waals surface area contributed by atoms with Gasteiger partial charge in [0.1, 0.15) is 23.4 Å². The number of carbonyl (C=O) groups is 3. The van der Waals surface area contributed by atoms with E-state index in [1.165, 1.54) is 6.07 Å². The SMILES string of the molecule is Nc1nc(N)c2c(n1)NCC(CCc1ccc(C(=O)N[C@@H](CCC(=O)O)C(=O)O)nc1)C2. The van der Waals surface area contributed by atoms with E-state index in [2.05, 4.69) is 25.6 Å². The van der Waals surface area contributed by atoms with Crippen molar-refractivity contribution in [3.63, 3.8) is 0 Å². The second-order valence-electron chi connectivity index (χ2n) is 7.63. The summed E-state index contributed by atoms with van der Waals surface area (Å²) >= 11 is 0. The van der Waals surface area contributed by atoms with E-state index in [0.717, 1.165) is 36.9 Å². The Morgan fingerprint density at radius 2 is 2.00 bits per heavy atom. The average Bonchev–Trinajstić information content (AvgIpc) is 2.75. The first-order valence-corrected chi connectivity index (χ1v) is 10.1. The number of nitrogens with one attached hydrogen (secondary N) is 2. The molecular formula is C20H25N7O5. The Morgan fingerprint density at radius 3 is 2.66 bits per heavy atom. The number of aliphatic carboxylic acids is 2. The van der Waals surface area contributed by atoms with Crippen molar-refractivity contribution in [1.82, 2.24) is 20.3 Å². The summed E-state index contributed by atoms with van der Waals surface area (Å²) in [6.45, 7) is 0.726.